The largest absolute Gasteiger partial charge is 0.493 e. The van der Waals surface area contributed by atoms with Crippen LogP contribution < -0.4 is 24.8 Å². The Morgan fingerprint density at radius 2 is 1.76 bits per heavy atom. The third kappa shape index (κ3) is 4.92. The molecule has 0 bridgehead atoms. The van der Waals surface area contributed by atoms with E-state index >= 15 is 0 Å². The summed E-state index contributed by atoms with van der Waals surface area (Å²) in [6, 6.07) is 10.6. The van der Waals surface area contributed by atoms with Crippen LogP contribution >= 0.6 is 0 Å². The van der Waals surface area contributed by atoms with E-state index in [2.05, 4.69) is 20.6 Å². The lowest BCUT2D eigenvalue weighted by Gasteiger charge is -2.14. The van der Waals surface area contributed by atoms with E-state index in [-0.39, 0.29) is 5.91 Å². The van der Waals surface area contributed by atoms with Crippen molar-refractivity contribution in [3.05, 3.63) is 66.1 Å². The molecule has 0 aliphatic rings. The van der Waals surface area contributed by atoms with E-state index in [1.54, 1.807) is 36.8 Å². The molecule has 1 aromatic carbocycles. The maximum Gasteiger partial charge on any atom is 0.257 e. The van der Waals surface area contributed by atoms with Gasteiger partial charge in [0, 0.05) is 24.5 Å². The Morgan fingerprint density at radius 1 is 1.00 bits per heavy atom. The van der Waals surface area contributed by atoms with Crippen molar-refractivity contribution in [2.24, 2.45) is 0 Å². The number of carbonyl (C=O) groups excluding carboxylic acids is 1. The number of aromatic nitrogens is 2. The van der Waals surface area contributed by atoms with E-state index in [9.17, 15) is 4.79 Å². The number of anilines is 2. The van der Waals surface area contributed by atoms with Crippen molar-refractivity contribution in [2.45, 2.75) is 6.54 Å². The molecule has 2 heterocycles. The second kappa shape index (κ2) is 9.41. The summed E-state index contributed by atoms with van der Waals surface area (Å²) < 4.78 is 15.8. The number of nitrogens with one attached hydrogen (secondary N) is 2. The summed E-state index contributed by atoms with van der Waals surface area (Å²) >= 11 is 0. The Balaban J connectivity index is 1.67. The van der Waals surface area contributed by atoms with Gasteiger partial charge < -0.3 is 24.8 Å². The van der Waals surface area contributed by atoms with E-state index in [1.165, 1.54) is 21.3 Å². The Labute approximate surface area is 168 Å². The molecule has 3 aromatic rings. The molecule has 2 aromatic heterocycles. The van der Waals surface area contributed by atoms with Crippen LogP contribution in [0.15, 0.2) is 55.0 Å². The molecular formula is C21H22N4O4. The third-order valence-corrected chi connectivity index (χ3v) is 4.15. The quantitative estimate of drug-likeness (QED) is 0.605. The van der Waals surface area contributed by atoms with Gasteiger partial charge in [0.1, 0.15) is 5.82 Å². The Bertz CT molecular complexity index is 937. The zero-order chi connectivity index (χ0) is 20.6. The highest BCUT2D eigenvalue weighted by Gasteiger charge is 2.17. The smallest absolute Gasteiger partial charge is 0.257 e. The molecule has 2 N–H and O–H groups in total. The molecule has 0 atom stereocenters. The van der Waals surface area contributed by atoms with Crippen molar-refractivity contribution >= 4 is 17.4 Å². The molecule has 0 radical (unpaired) electrons. The van der Waals surface area contributed by atoms with Crippen molar-refractivity contribution in [1.29, 1.82) is 0 Å². The van der Waals surface area contributed by atoms with Crippen molar-refractivity contribution < 1.29 is 19.0 Å². The molecule has 0 fully saturated rings. The van der Waals surface area contributed by atoms with E-state index in [0.717, 1.165) is 11.3 Å². The maximum absolute atomic E-state index is 12.6. The fourth-order valence-corrected chi connectivity index (χ4v) is 2.68. The summed E-state index contributed by atoms with van der Waals surface area (Å²) in [6.45, 7) is 0.632. The first-order valence-electron chi connectivity index (χ1n) is 8.84. The first-order chi connectivity index (χ1) is 14.1. The number of methoxy groups -OCH3 is 3. The van der Waals surface area contributed by atoms with Crippen LogP contribution in [0, 0.1) is 0 Å². The van der Waals surface area contributed by atoms with Crippen molar-refractivity contribution in [3.8, 4) is 17.2 Å². The number of carbonyl (C=O) groups is 1. The van der Waals surface area contributed by atoms with Crippen LogP contribution in [0.4, 0.5) is 11.5 Å². The SMILES string of the molecule is COc1cc(C(=O)Nc2ccc(NCc3cccnc3)cn2)cc(OC)c1OC. The second-order valence-corrected chi connectivity index (χ2v) is 6.02. The molecule has 0 unspecified atom stereocenters. The van der Waals surface area contributed by atoms with E-state index in [1.807, 2.05) is 18.2 Å². The molecule has 0 spiro atoms. The number of ether oxygens (including phenoxy) is 3. The zero-order valence-corrected chi connectivity index (χ0v) is 16.4. The first kappa shape index (κ1) is 19.9. The summed E-state index contributed by atoms with van der Waals surface area (Å²) in [7, 11) is 4.50. The van der Waals surface area contributed by atoms with Gasteiger partial charge >= 0.3 is 0 Å². The summed E-state index contributed by atoms with van der Waals surface area (Å²) in [5, 5.41) is 6.01. The van der Waals surface area contributed by atoms with Crippen LogP contribution in [0.5, 0.6) is 17.2 Å². The Hall–Kier alpha value is -3.81. The van der Waals surface area contributed by atoms with Gasteiger partial charge in [-0.2, -0.15) is 0 Å². The van der Waals surface area contributed by atoms with Crippen molar-refractivity contribution in [1.82, 2.24) is 9.97 Å². The molecule has 8 heteroatoms. The van der Waals surface area contributed by atoms with Gasteiger partial charge in [0.2, 0.25) is 5.75 Å². The summed E-state index contributed by atoms with van der Waals surface area (Å²) in [6.07, 6.45) is 5.18. The lowest BCUT2D eigenvalue weighted by Crippen LogP contribution is -2.13. The highest BCUT2D eigenvalue weighted by atomic mass is 16.5. The van der Waals surface area contributed by atoms with E-state index in [0.29, 0.717) is 35.2 Å². The molecule has 0 saturated carbocycles. The van der Waals surface area contributed by atoms with Gasteiger partial charge in [-0.05, 0) is 35.9 Å². The third-order valence-electron chi connectivity index (χ3n) is 4.15. The molecule has 0 saturated heterocycles. The van der Waals surface area contributed by atoms with E-state index in [4.69, 9.17) is 14.2 Å². The molecule has 0 aliphatic carbocycles. The molecular weight excluding hydrogens is 372 g/mol. The van der Waals surface area contributed by atoms with Crippen LogP contribution in [0.1, 0.15) is 15.9 Å². The second-order valence-electron chi connectivity index (χ2n) is 6.02. The van der Waals surface area contributed by atoms with Gasteiger partial charge in [-0.25, -0.2) is 4.98 Å². The fourth-order valence-electron chi connectivity index (χ4n) is 2.68. The number of rotatable bonds is 8. The van der Waals surface area contributed by atoms with Crippen LogP contribution in [0.3, 0.4) is 0 Å². The lowest BCUT2D eigenvalue weighted by atomic mass is 10.1. The Kier molecular flexibility index (Phi) is 6.47. The molecule has 29 heavy (non-hydrogen) atoms. The fraction of sp³-hybridized carbons (Fsp3) is 0.190. The van der Waals surface area contributed by atoms with Crippen molar-refractivity contribution in [3.63, 3.8) is 0 Å². The van der Waals surface area contributed by atoms with Gasteiger partial charge in [0.25, 0.3) is 5.91 Å². The summed E-state index contributed by atoms with van der Waals surface area (Å²) in [4.78, 5) is 21.0. The number of amides is 1. The maximum atomic E-state index is 12.6. The molecule has 3 rings (SSSR count). The average Bonchev–Trinajstić information content (AvgIpc) is 2.78. The highest BCUT2D eigenvalue weighted by Crippen LogP contribution is 2.38. The van der Waals surface area contributed by atoms with E-state index < -0.39 is 0 Å². The van der Waals surface area contributed by atoms with Gasteiger partial charge in [-0.1, -0.05) is 6.07 Å². The van der Waals surface area contributed by atoms with Crippen LogP contribution in [-0.4, -0.2) is 37.2 Å². The normalized spacial score (nSPS) is 10.2. The van der Waals surface area contributed by atoms with Gasteiger partial charge in [-0.15, -0.1) is 0 Å². The minimum absolute atomic E-state index is 0.340. The highest BCUT2D eigenvalue weighted by molar-refractivity contribution is 6.04. The first-order valence-corrected chi connectivity index (χ1v) is 8.84. The number of hydrogen-bond donors (Lipinski definition) is 2. The average molecular weight is 394 g/mol. The minimum Gasteiger partial charge on any atom is -0.493 e. The van der Waals surface area contributed by atoms with Gasteiger partial charge in [0.05, 0.1) is 33.2 Å². The minimum atomic E-state index is -0.340. The molecule has 1 amide bonds. The number of hydrogen-bond acceptors (Lipinski definition) is 7. The van der Waals surface area contributed by atoms with Crippen molar-refractivity contribution in [2.75, 3.05) is 32.0 Å². The van der Waals surface area contributed by atoms with Gasteiger partial charge in [0.15, 0.2) is 11.5 Å². The predicted octanol–water partition coefficient (Wildman–Crippen LogP) is 3.37. The number of pyridine rings is 2. The monoisotopic (exact) mass is 394 g/mol. The standard InChI is InChI=1S/C21H22N4O4/c1-27-17-9-15(10-18(28-2)20(17)29-3)21(26)25-19-7-6-16(13-24-19)23-12-14-5-4-8-22-11-14/h4-11,13,23H,12H2,1-3H3,(H,24,25,26). The van der Waals surface area contributed by atoms with Crippen LogP contribution in [0.25, 0.3) is 0 Å². The molecule has 0 aliphatic heterocycles. The predicted molar refractivity (Wildman–Crippen MR) is 110 cm³/mol. The van der Waals surface area contributed by atoms with Crippen LogP contribution in [0.2, 0.25) is 0 Å². The molecule has 150 valence electrons. The summed E-state index contributed by atoms with van der Waals surface area (Å²) in [5.41, 5.74) is 2.26. The number of benzene rings is 1. The number of nitrogens with zero attached hydrogens (tertiary/aromatic N) is 2. The lowest BCUT2D eigenvalue weighted by molar-refractivity contribution is 0.102. The zero-order valence-electron chi connectivity index (χ0n) is 16.4. The topological polar surface area (TPSA) is 94.6 Å². The molecule has 8 nitrogen and oxygen atoms in total. The summed E-state index contributed by atoms with van der Waals surface area (Å²) in [5.74, 6) is 1.32. The van der Waals surface area contributed by atoms with Crippen LogP contribution in [-0.2, 0) is 6.54 Å². The van der Waals surface area contributed by atoms with Gasteiger partial charge in [-0.3, -0.25) is 9.78 Å². The Morgan fingerprint density at radius 3 is 2.31 bits per heavy atom.